The molecule has 1 atom stereocenters. The van der Waals surface area contributed by atoms with Crippen molar-refractivity contribution in [2.75, 3.05) is 24.5 Å². The Hall–Kier alpha value is -1.85. The molecule has 5 nitrogen and oxygen atoms in total. The molecule has 0 unspecified atom stereocenters. The highest BCUT2D eigenvalue weighted by Crippen LogP contribution is 2.20. The van der Waals surface area contributed by atoms with Crippen molar-refractivity contribution in [2.45, 2.75) is 39.3 Å². The summed E-state index contributed by atoms with van der Waals surface area (Å²) in [5.41, 5.74) is -0.490. The van der Waals surface area contributed by atoms with E-state index in [-0.39, 0.29) is 18.0 Å². The van der Waals surface area contributed by atoms with Gasteiger partial charge in [-0.1, -0.05) is 0 Å². The fraction of sp³-hybridized carbons (Fsp3) is 0.600. The summed E-state index contributed by atoms with van der Waals surface area (Å²) in [5, 5.41) is 0. The molecule has 1 aliphatic rings. The fourth-order valence-electron chi connectivity index (χ4n) is 2.33. The molecule has 0 spiro atoms. The van der Waals surface area contributed by atoms with Gasteiger partial charge in [0.2, 0.25) is 0 Å². The summed E-state index contributed by atoms with van der Waals surface area (Å²) in [6.45, 7) is 9.36. The molecule has 2 rings (SSSR count). The van der Waals surface area contributed by atoms with Crippen LogP contribution in [0.3, 0.4) is 0 Å². The Labute approximate surface area is 124 Å². The molecule has 2 heterocycles. The van der Waals surface area contributed by atoms with Crippen molar-refractivity contribution < 1.29 is 13.9 Å². The van der Waals surface area contributed by atoms with Crippen molar-refractivity contribution in [1.29, 1.82) is 0 Å². The minimum Gasteiger partial charge on any atom is -0.444 e. The minimum absolute atomic E-state index is 0.101. The van der Waals surface area contributed by atoms with E-state index in [0.717, 1.165) is 5.82 Å². The SMILES string of the molecule is C[C@H]1CN(C(=O)OC(C)(C)C)CCN1c1ccc(F)cn1. The number of piperazine rings is 1. The highest BCUT2D eigenvalue weighted by Gasteiger charge is 2.30. The van der Waals surface area contributed by atoms with Gasteiger partial charge in [0.15, 0.2) is 0 Å². The van der Waals surface area contributed by atoms with Gasteiger partial charge in [-0.3, -0.25) is 0 Å². The average Bonchev–Trinajstić information content (AvgIpc) is 2.38. The predicted octanol–water partition coefficient (Wildman–Crippen LogP) is 2.67. The number of nitrogens with zero attached hydrogens (tertiary/aromatic N) is 3. The Balaban J connectivity index is 1.99. The topological polar surface area (TPSA) is 45.7 Å². The van der Waals surface area contributed by atoms with Crippen LogP contribution in [0.15, 0.2) is 18.3 Å². The molecule has 116 valence electrons. The lowest BCUT2D eigenvalue weighted by Gasteiger charge is -2.40. The van der Waals surface area contributed by atoms with E-state index in [0.29, 0.717) is 19.6 Å². The maximum absolute atomic E-state index is 12.9. The van der Waals surface area contributed by atoms with E-state index >= 15 is 0 Å². The third kappa shape index (κ3) is 4.06. The maximum Gasteiger partial charge on any atom is 0.410 e. The Morgan fingerprint density at radius 3 is 2.62 bits per heavy atom. The van der Waals surface area contributed by atoms with Crippen LogP contribution in [0.5, 0.6) is 0 Å². The van der Waals surface area contributed by atoms with Crippen LogP contribution in [0.1, 0.15) is 27.7 Å². The van der Waals surface area contributed by atoms with Crippen molar-refractivity contribution >= 4 is 11.9 Å². The van der Waals surface area contributed by atoms with Gasteiger partial charge in [0, 0.05) is 25.7 Å². The largest absolute Gasteiger partial charge is 0.444 e. The number of pyridine rings is 1. The summed E-state index contributed by atoms with van der Waals surface area (Å²) in [5.74, 6) is 0.381. The van der Waals surface area contributed by atoms with Crippen LogP contribution in [0.25, 0.3) is 0 Å². The summed E-state index contributed by atoms with van der Waals surface area (Å²) in [6, 6.07) is 3.16. The highest BCUT2D eigenvalue weighted by molar-refractivity contribution is 5.68. The van der Waals surface area contributed by atoms with Crippen LogP contribution in [0, 0.1) is 5.82 Å². The predicted molar refractivity (Wildman–Crippen MR) is 78.8 cm³/mol. The van der Waals surface area contributed by atoms with Gasteiger partial charge in [0.25, 0.3) is 0 Å². The first-order chi connectivity index (χ1) is 9.76. The van der Waals surface area contributed by atoms with Gasteiger partial charge in [0.1, 0.15) is 17.2 Å². The van der Waals surface area contributed by atoms with Crippen LogP contribution in [-0.4, -0.2) is 47.3 Å². The Morgan fingerprint density at radius 1 is 1.38 bits per heavy atom. The molecule has 0 radical (unpaired) electrons. The molecule has 1 aromatic heterocycles. The summed E-state index contributed by atoms with van der Waals surface area (Å²) >= 11 is 0. The lowest BCUT2D eigenvalue weighted by atomic mass is 10.2. The first-order valence-corrected chi connectivity index (χ1v) is 7.12. The van der Waals surface area contributed by atoms with Crippen molar-refractivity contribution in [3.63, 3.8) is 0 Å². The number of halogens is 1. The standard InChI is InChI=1S/C15H22FN3O2/c1-11-10-18(14(20)21-15(2,3)4)7-8-19(11)13-6-5-12(16)9-17-13/h5-6,9,11H,7-8,10H2,1-4H3/t11-/m0/s1. The van der Waals surface area contributed by atoms with Gasteiger partial charge in [-0.2, -0.15) is 0 Å². The van der Waals surface area contributed by atoms with Crippen molar-refractivity contribution in [2.24, 2.45) is 0 Å². The normalized spacial score (nSPS) is 19.6. The van der Waals surface area contributed by atoms with Gasteiger partial charge >= 0.3 is 6.09 Å². The molecule has 0 saturated carbocycles. The van der Waals surface area contributed by atoms with Crippen LogP contribution in [0.2, 0.25) is 0 Å². The molecule has 1 saturated heterocycles. The molecule has 21 heavy (non-hydrogen) atoms. The second-order valence-corrected chi connectivity index (χ2v) is 6.30. The maximum atomic E-state index is 12.9. The lowest BCUT2D eigenvalue weighted by molar-refractivity contribution is 0.0218. The summed E-state index contributed by atoms with van der Waals surface area (Å²) in [6.07, 6.45) is 0.920. The number of carbonyl (C=O) groups excluding carboxylic acids is 1. The van der Waals surface area contributed by atoms with Crippen LogP contribution < -0.4 is 4.90 Å². The first-order valence-electron chi connectivity index (χ1n) is 7.12. The van der Waals surface area contributed by atoms with Gasteiger partial charge in [-0.25, -0.2) is 14.2 Å². The summed E-state index contributed by atoms with van der Waals surface area (Å²) < 4.78 is 18.3. The molecule has 1 amide bonds. The molecule has 1 fully saturated rings. The van der Waals surface area contributed by atoms with Crippen LogP contribution >= 0.6 is 0 Å². The van der Waals surface area contributed by atoms with E-state index < -0.39 is 5.60 Å². The van der Waals surface area contributed by atoms with E-state index in [9.17, 15) is 9.18 Å². The molecular formula is C15H22FN3O2. The number of hydrogen-bond acceptors (Lipinski definition) is 4. The third-order valence-electron chi connectivity index (χ3n) is 3.29. The smallest absolute Gasteiger partial charge is 0.410 e. The molecule has 1 aromatic rings. The molecule has 0 bridgehead atoms. The van der Waals surface area contributed by atoms with E-state index in [4.69, 9.17) is 4.74 Å². The van der Waals surface area contributed by atoms with E-state index in [1.165, 1.54) is 12.3 Å². The van der Waals surface area contributed by atoms with Crippen LogP contribution in [-0.2, 0) is 4.74 Å². The molecule has 0 aromatic carbocycles. The molecule has 0 aliphatic carbocycles. The number of carbonyl (C=O) groups is 1. The van der Waals surface area contributed by atoms with Gasteiger partial charge in [-0.05, 0) is 39.8 Å². The quantitative estimate of drug-likeness (QED) is 0.799. The minimum atomic E-state index is -0.490. The Kier molecular flexibility index (Phi) is 4.34. The Bertz CT molecular complexity index is 499. The van der Waals surface area contributed by atoms with E-state index in [2.05, 4.69) is 9.88 Å². The second kappa shape index (κ2) is 5.87. The molecular weight excluding hydrogens is 273 g/mol. The number of anilines is 1. The monoisotopic (exact) mass is 295 g/mol. The second-order valence-electron chi connectivity index (χ2n) is 6.30. The number of hydrogen-bond donors (Lipinski definition) is 0. The lowest BCUT2D eigenvalue weighted by Crippen LogP contribution is -2.54. The number of aromatic nitrogens is 1. The third-order valence-corrected chi connectivity index (χ3v) is 3.29. The molecule has 0 N–H and O–H groups in total. The molecule has 6 heteroatoms. The molecule has 1 aliphatic heterocycles. The van der Waals surface area contributed by atoms with Gasteiger partial charge in [0.05, 0.1) is 6.20 Å². The van der Waals surface area contributed by atoms with E-state index in [1.807, 2.05) is 27.7 Å². The zero-order valence-corrected chi connectivity index (χ0v) is 13.0. The summed E-state index contributed by atoms with van der Waals surface area (Å²) in [7, 11) is 0. The highest BCUT2D eigenvalue weighted by atomic mass is 19.1. The Morgan fingerprint density at radius 2 is 2.10 bits per heavy atom. The van der Waals surface area contributed by atoms with Crippen molar-refractivity contribution in [3.05, 3.63) is 24.1 Å². The van der Waals surface area contributed by atoms with Gasteiger partial charge in [-0.15, -0.1) is 0 Å². The number of rotatable bonds is 1. The van der Waals surface area contributed by atoms with E-state index in [1.54, 1.807) is 11.0 Å². The summed E-state index contributed by atoms with van der Waals surface area (Å²) in [4.78, 5) is 19.9. The van der Waals surface area contributed by atoms with Crippen LogP contribution in [0.4, 0.5) is 15.0 Å². The van der Waals surface area contributed by atoms with Crippen molar-refractivity contribution in [1.82, 2.24) is 9.88 Å². The van der Waals surface area contributed by atoms with Crippen molar-refractivity contribution in [3.8, 4) is 0 Å². The number of ether oxygens (including phenoxy) is 1. The zero-order chi connectivity index (χ0) is 15.6. The fourth-order valence-corrected chi connectivity index (χ4v) is 2.33. The average molecular weight is 295 g/mol. The van der Waals surface area contributed by atoms with Gasteiger partial charge < -0.3 is 14.5 Å². The number of amides is 1. The zero-order valence-electron chi connectivity index (χ0n) is 13.0. The first kappa shape index (κ1) is 15.5.